The number of hydrogen-bond donors (Lipinski definition) is 6. The van der Waals surface area contributed by atoms with Gasteiger partial charge in [0.1, 0.15) is 11.9 Å². The maximum atomic E-state index is 13.7. The monoisotopic (exact) mass is 703 g/mol. The Morgan fingerprint density at radius 3 is 2.08 bits per heavy atom. The largest absolute Gasteiger partial charge is 0.490 e. The summed E-state index contributed by atoms with van der Waals surface area (Å²) in [5.74, 6) is -3.80. The van der Waals surface area contributed by atoms with E-state index < -0.39 is 36.1 Å². The molecule has 2 amide bonds. The molecule has 0 bridgehead atoms. The lowest BCUT2D eigenvalue weighted by Crippen LogP contribution is -2.49. The number of halogens is 3. The summed E-state index contributed by atoms with van der Waals surface area (Å²) < 4.78 is 31.7. The number of amides is 2. The average molecular weight is 704 g/mol. The van der Waals surface area contributed by atoms with Gasteiger partial charge in [0.2, 0.25) is 11.8 Å². The van der Waals surface area contributed by atoms with Gasteiger partial charge < -0.3 is 31.1 Å². The van der Waals surface area contributed by atoms with Crippen molar-refractivity contribution in [3.8, 4) is 11.1 Å². The van der Waals surface area contributed by atoms with Crippen LogP contribution < -0.4 is 16.0 Å². The van der Waals surface area contributed by atoms with Crippen LogP contribution in [0.15, 0.2) is 109 Å². The minimum atomic E-state index is -5.08. The summed E-state index contributed by atoms with van der Waals surface area (Å²) in [5.41, 5.74) is 4.39. The summed E-state index contributed by atoms with van der Waals surface area (Å²) >= 11 is 0. The van der Waals surface area contributed by atoms with Gasteiger partial charge in [-0.05, 0) is 52.8 Å². The molecule has 6 N–H and O–H groups in total. The number of pyridine rings is 1. The molecule has 1 unspecified atom stereocenters. The number of carbonyl (C=O) groups is 4. The fraction of sp³-hybridized carbons (Fsp3) is 0.216. The number of nitrogens with one attached hydrogen (secondary N) is 4. The van der Waals surface area contributed by atoms with Crippen LogP contribution in [-0.4, -0.2) is 62.7 Å². The Kier molecular flexibility index (Phi) is 13.3. The van der Waals surface area contributed by atoms with E-state index in [9.17, 15) is 32.7 Å². The summed E-state index contributed by atoms with van der Waals surface area (Å²) in [4.78, 5) is 54.9. The summed E-state index contributed by atoms with van der Waals surface area (Å²) in [6, 6.07) is 30.9. The molecule has 5 rings (SSSR count). The fourth-order valence-electron chi connectivity index (χ4n) is 5.11. The first-order valence-electron chi connectivity index (χ1n) is 15.9. The maximum absolute atomic E-state index is 13.7. The van der Waals surface area contributed by atoms with Crippen molar-refractivity contribution >= 4 is 40.5 Å². The van der Waals surface area contributed by atoms with Gasteiger partial charge in [-0.25, -0.2) is 9.78 Å². The van der Waals surface area contributed by atoms with E-state index in [0.717, 1.165) is 33.5 Å². The van der Waals surface area contributed by atoms with Gasteiger partial charge in [0.15, 0.2) is 0 Å². The van der Waals surface area contributed by atoms with Gasteiger partial charge in [0, 0.05) is 36.8 Å². The smallest absolute Gasteiger partial charge is 0.481 e. The molecule has 0 aliphatic rings. The third kappa shape index (κ3) is 12.0. The molecular formula is C37H36F3N5O6. The number of carboxylic acids is 2. The number of benzene rings is 3. The highest BCUT2D eigenvalue weighted by Gasteiger charge is 2.38. The lowest BCUT2D eigenvalue weighted by molar-refractivity contribution is -0.192. The number of rotatable bonds is 14. The van der Waals surface area contributed by atoms with E-state index in [1.54, 1.807) is 6.20 Å². The Labute approximate surface area is 290 Å². The van der Waals surface area contributed by atoms with Crippen molar-refractivity contribution in [1.29, 1.82) is 0 Å². The van der Waals surface area contributed by atoms with Crippen LogP contribution in [0, 0.1) is 0 Å². The fourth-order valence-corrected chi connectivity index (χ4v) is 5.11. The third-order valence-electron chi connectivity index (χ3n) is 7.57. The average Bonchev–Trinajstić information content (AvgIpc) is 3.53. The number of hydrogen-bond acceptors (Lipinski definition) is 6. The van der Waals surface area contributed by atoms with E-state index >= 15 is 0 Å². The number of para-hydroxylation sites is 1. The number of aliphatic carboxylic acids is 2. The van der Waals surface area contributed by atoms with E-state index in [1.165, 1.54) is 0 Å². The number of nitrogens with zero attached hydrogens (tertiary/aromatic N) is 1. The van der Waals surface area contributed by atoms with Crippen molar-refractivity contribution in [2.45, 2.75) is 43.9 Å². The van der Waals surface area contributed by atoms with E-state index in [-0.39, 0.29) is 25.2 Å². The lowest BCUT2D eigenvalue weighted by atomic mass is 9.98. The molecule has 0 aliphatic heterocycles. The molecule has 5 aromatic rings. The van der Waals surface area contributed by atoms with Gasteiger partial charge in [-0.2, -0.15) is 13.2 Å². The van der Waals surface area contributed by atoms with Gasteiger partial charge in [-0.1, -0.05) is 78.9 Å². The molecule has 0 aliphatic carbocycles. The molecule has 2 atom stereocenters. The molecular weight excluding hydrogens is 667 g/mol. The molecule has 0 saturated carbocycles. The van der Waals surface area contributed by atoms with Crippen LogP contribution in [0.1, 0.15) is 36.6 Å². The first-order valence-corrected chi connectivity index (χ1v) is 15.9. The van der Waals surface area contributed by atoms with Crippen molar-refractivity contribution in [3.05, 3.63) is 121 Å². The molecule has 0 saturated heterocycles. The van der Waals surface area contributed by atoms with Crippen LogP contribution >= 0.6 is 0 Å². The van der Waals surface area contributed by atoms with Crippen molar-refractivity contribution in [2.24, 2.45) is 0 Å². The van der Waals surface area contributed by atoms with Gasteiger partial charge in [-0.15, -0.1) is 0 Å². The van der Waals surface area contributed by atoms with Crippen LogP contribution in [0.4, 0.5) is 19.0 Å². The second-order valence-corrected chi connectivity index (χ2v) is 11.4. The highest BCUT2D eigenvalue weighted by molar-refractivity contribution is 5.89. The van der Waals surface area contributed by atoms with E-state index in [1.807, 2.05) is 103 Å². The summed E-state index contributed by atoms with van der Waals surface area (Å²) in [6.45, 7) is 0.545. The number of anilines is 1. The minimum absolute atomic E-state index is 0.204. The van der Waals surface area contributed by atoms with Crippen LogP contribution in [0.2, 0.25) is 0 Å². The van der Waals surface area contributed by atoms with E-state index in [2.05, 4.69) is 25.9 Å². The molecule has 0 fully saturated rings. The molecule has 11 nitrogen and oxygen atoms in total. The number of carboxylic acid groups (broad SMARTS) is 2. The summed E-state index contributed by atoms with van der Waals surface area (Å²) in [6.07, 6.45) is -2.74. The Hall–Kier alpha value is -6.18. The number of fused-ring (bicyclic) bond motifs is 1. The van der Waals surface area contributed by atoms with Crippen molar-refractivity contribution < 1.29 is 42.6 Å². The number of carbonyl (C=O) groups excluding carboxylic acids is 2. The Morgan fingerprint density at radius 2 is 1.45 bits per heavy atom. The topological polar surface area (TPSA) is 174 Å². The number of aromatic nitrogens is 2. The normalized spacial score (nSPS) is 12.1. The highest BCUT2D eigenvalue weighted by Crippen LogP contribution is 2.24. The summed E-state index contributed by atoms with van der Waals surface area (Å²) in [7, 11) is 0. The molecule has 2 aromatic heterocycles. The lowest BCUT2D eigenvalue weighted by Gasteiger charge is -2.23. The van der Waals surface area contributed by atoms with Crippen molar-refractivity contribution in [1.82, 2.24) is 20.6 Å². The third-order valence-corrected chi connectivity index (χ3v) is 7.57. The van der Waals surface area contributed by atoms with Crippen LogP contribution in [-0.2, 0) is 25.6 Å². The van der Waals surface area contributed by atoms with Crippen LogP contribution in [0.3, 0.4) is 0 Å². The van der Waals surface area contributed by atoms with Crippen molar-refractivity contribution in [2.75, 3.05) is 11.9 Å². The predicted molar refractivity (Wildman–Crippen MR) is 185 cm³/mol. The number of H-pyrrole nitrogens is 1. The van der Waals surface area contributed by atoms with Crippen molar-refractivity contribution in [3.63, 3.8) is 0 Å². The second-order valence-electron chi connectivity index (χ2n) is 11.4. The second kappa shape index (κ2) is 18.0. The van der Waals surface area contributed by atoms with E-state index in [0.29, 0.717) is 18.5 Å². The zero-order chi connectivity index (χ0) is 36.8. The van der Waals surface area contributed by atoms with Crippen LogP contribution in [0.25, 0.3) is 22.0 Å². The number of aromatic amines is 1. The SMILES string of the molecule is O=C(O)C(F)(F)F.O=C(O)CC(NC(=O)[C@H](Cc1cc2ccccc2[nH]1)NC(=O)CCCNc1ccccn1)c1ccc(-c2ccccc2)cc1. The maximum Gasteiger partial charge on any atom is 0.490 e. The molecule has 51 heavy (non-hydrogen) atoms. The Bertz CT molecular complexity index is 1870. The molecule has 266 valence electrons. The zero-order valence-corrected chi connectivity index (χ0v) is 27.2. The molecule has 2 heterocycles. The molecule has 3 aromatic carbocycles. The number of alkyl halides is 3. The molecule has 0 spiro atoms. The predicted octanol–water partition coefficient (Wildman–Crippen LogP) is 6.12. The minimum Gasteiger partial charge on any atom is -0.481 e. The first-order chi connectivity index (χ1) is 24.4. The van der Waals surface area contributed by atoms with E-state index in [4.69, 9.17) is 9.90 Å². The Morgan fingerprint density at radius 1 is 0.804 bits per heavy atom. The zero-order valence-electron chi connectivity index (χ0n) is 27.2. The van der Waals surface area contributed by atoms with Gasteiger partial charge in [0.25, 0.3) is 0 Å². The Balaban J connectivity index is 0.000000755. The van der Waals surface area contributed by atoms with Gasteiger partial charge >= 0.3 is 18.1 Å². The van der Waals surface area contributed by atoms with Gasteiger partial charge in [-0.3, -0.25) is 14.4 Å². The standard InChI is InChI=1S/C35H35N5O4.C2HF3O2/c41-33(14-8-20-37-32-13-6-7-19-36-32)39-31(22-28-21-27-11-4-5-12-29(27)38-28)35(44)40-30(23-34(42)43)26-17-15-25(16-18-26)24-9-2-1-3-10-24;3-2(4,5)1(6)7/h1-7,9-13,15-19,21,30-31,38H,8,14,20,22-23H2,(H,36,37)(H,39,41)(H,40,44)(H,42,43);(H,6,7)/t30?,31-;/m0./s1. The van der Waals surface area contributed by atoms with Gasteiger partial charge in [0.05, 0.1) is 12.5 Å². The molecule has 0 radical (unpaired) electrons. The quantitative estimate of drug-likeness (QED) is 0.0751. The molecule has 14 heteroatoms. The first kappa shape index (κ1) is 37.6. The van der Waals surface area contributed by atoms with Crippen LogP contribution in [0.5, 0.6) is 0 Å². The summed E-state index contributed by atoms with van der Waals surface area (Å²) in [5, 5.41) is 26.7. The highest BCUT2D eigenvalue weighted by atomic mass is 19.4.